The molecule has 2 aromatic rings. The van der Waals surface area contributed by atoms with Crippen LogP contribution < -0.4 is 16.5 Å². The molecular formula is C22H29N5O3. The zero-order valence-corrected chi connectivity index (χ0v) is 17.2. The van der Waals surface area contributed by atoms with Gasteiger partial charge in [0.25, 0.3) is 0 Å². The van der Waals surface area contributed by atoms with E-state index >= 15 is 0 Å². The summed E-state index contributed by atoms with van der Waals surface area (Å²) in [6, 6.07) is 10.8. The smallest absolute Gasteiger partial charge is 0.315 e. The summed E-state index contributed by atoms with van der Waals surface area (Å²) in [7, 11) is 0. The van der Waals surface area contributed by atoms with Crippen molar-refractivity contribution in [3.8, 4) is 0 Å². The Hall–Kier alpha value is -3.42. The van der Waals surface area contributed by atoms with Gasteiger partial charge in [-0.25, -0.2) is 4.79 Å². The van der Waals surface area contributed by atoms with E-state index in [0.29, 0.717) is 13.2 Å². The second-order valence-corrected chi connectivity index (χ2v) is 6.73. The fraction of sp³-hybridized carbons (Fsp3) is 0.364. The molecule has 0 saturated heterocycles. The highest BCUT2D eigenvalue weighted by Crippen LogP contribution is 2.16. The predicted molar refractivity (Wildman–Crippen MR) is 116 cm³/mol. The minimum Gasteiger partial charge on any atom is -0.466 e. The first kappa shape index (κ1) is 22.9. The summed E-state index contributed by atoms with van der Waals surface area (Å²) in [6.45, 7) is 2.59. The summed E-state index contributed by atoms with van der Waals surface area (Å²) in [5.74, 6) is 4.78. The Bertz CT molecular complexity index is 809. The number of pyridine rings is 1. The number of esters is 1. The van der Waals surface area contributed by atoms with Crippen LogP contribution in [0.15, 0.2) is 53.9 Å². The number of hydrogen-bond acceptors (Lipinski definition) is 6. The van der Waals surface area contributed by atoms with Crippen LogP contribution in [-0.2, 0) is 16.0 Å². The minimum atomic E-state index is -0.492. The largest absolute Gasteiger partial charge is 0.466 e. The number of aryl methyl sites for hydroxylation is 1. The number of benzene rings is 1. The maximum absolute atomic E-state index is 12.3. The molecule has 160 valence electrons. The zero-order valence-electron chi connectivity index (χ0n) is 17.2. The summed E-state index contributed by atoms with van der Waals surface area (Å²) in [5.41, 5.74) is 2.94. The standard InChI is InChI=1S/C22H29N5O3/c1-2-30-21(28)14-20(19-7-5-12-24-16-19)27-22(29)25-13-4-3-6-17-8-10-18(11-9-17)15-26-23/h5,7-12,15-16,20H,2-4,6,13-14,23H2,1H3,(H2,25,27,29). The second kappa shape index (κ2) is 12.9. The summed E-state index contributed by atoms with van der Waals surface area (Å²) in [6.07, 6.45) is 7.64. The molecule has 0 fully saturated rings. The molecule has 0 bridgehead atoms. The molecule has 2 rings (SSSR count). The van der Waals surface area contributed by atoms with Crippen molar-refractivity contribution in [2.75, 3.05) is 13.2 Å². The maximum Gasteiger partial charge on any atom is 0.315 e. The third-order valence-electron chi connectivity index (χ3n) is 4.45. The van der Waals surface area contributed by atoms with E-state index in [1.807, 2.05) is 30.3 Å². The Morgan fingerprint density at radius 1 is 1.23 bits per heavy atom. The fourth-order valence-electron chi connectivity index (χ4n) is 2.94. The van der Waals surface area contributed by atoms with Gasteiger partial charge < -0.3 is 21.2 Å². The van der Waals surface area contributed by atoms with Gasteiger partial charge in [-0.05, 0) is 48.9 Å². The van der Waals surface area contributed by atoms with Crippen molar-refractivity contribution in [1.29, 1.82) is 0 Å². The zero-order chi connectivity index (χ0) is 21.6. The van der Waals surface area contributed by atoms with Gasteiger partial charge in [-0.3, -0.25) is 9.78 Å². The molecule has 8 heteroatoms. The molecule has 0 aliphatic carbocycles. The summed E-state index contributed by atoms with van der Waals surface area (Å²) >= 11 is 0. The van der Waals surface area contributed by atoms with Crippen LogP contribution in [0.5, 0.6) is 0 Å². The fourth-order valence-corrected chi connectivity index (χ4v) is 2.94. The molecule has 0 radical (unpaired) electrons. The molecule has 0 aliphatic rings. The van der Waals surface area contributed by atoms with Crippen LogP contribution in [0.2, 0.25) is 0 Å². The molecule has 8 nitrogen and oxygen atoms in total. The van der Waals surface area contributed by atoms with Gasteiger partial charge in [0.05, 0.1) is 25.3 Å². The Balaban J connectivity index is 1.74. The molecular weight excluding hydrogens is 382 g/mol. The lowest BCUT2D eigenvalue weighted by Gasteiger charge is -2.18. The van der Waals surface area contributed by atoms with Gasteiger partial charge in [-0.2, -0.15) is 5.10 Å². The van der Waals surface area contributed by atoms with Crippen molar-refractivity contribution in [3.05, 3.63) is 65.5 Å². The van der Waals surface area contributed by atoms with Crippen LogP contribution in [0, 0.1) is 0 Å². The van der Waals surface area contributed by atoms with E-state index in [1.165, 1.54) is 5.56 Å². The third kappa shape index (κ3) is 8.30. The van der Waals surface area contributed by atoms with Crippen molar-refractivity contribution >= 4 is 18.2 Å². The van der Waals surface area contributed by atoms with Crippen molar-refractivity contribution in [1.82, 2.24) is 15.6 Å². The monoisotopic (exact) mass is 411 g/mol. The van der Waals surface area contributed by atoms with Crippen LogP contribution in [-0.4, -0.2) is 36.4 Å². The van der Waals surface area contributed by atoms with Crippen LogP contribution in [0.4, 0.5) is 4.79 Å². The van der Waals surface area contributed by atoms with Gasteiger partial charge in [0.2, 0.25) is 0 Å². The number of unbranched alkanes of at least 4 members (excludes halogenated alkanes) is 1. The number of hydrazone groups is 1. The molecule has 1 aromatic carbocycles. The van der Waals surface area contributed by atoms with Crippen molar-refractivity contribution in [2.45, 2.75) is 38.6 Å². The highest BCUT2D eigenvalue weighted by Gasteiger charge is 2.19. The van der Waals surface area contributed by atoms with Gasteiger partial charge in [0, 0.05) is 18.9 Å². The quantitative estimate of drug-likeness (QED) is 0.173. The van der Waals surface area contributed by atoms with Crippen LogP contribution in [0.25, 0.3) is 0 Å². The minimum absolute atomic E-state index is 0.0534. The summed E-state index contributed by atoms with van der Waals surface area (Å²) < 4.78 is 5.01. The maximum atomic E-state index is 12.3. The molecule has 2 amide bonds. The Kier molecular flexibility index (Phi) is 9.85. The number of nitrogens with two attached hydrogens (primary N) is 1. The molecule has 1 heterocycles. The van der Waals surface area contributed by atoms with Crippen LogP contribution in [0.1, 0.15) is 48.9 Å². The van der Waals surface area contributed by atoms with Gasteiger partial charge in [-0.15, -0.1) is 0 Å². The van der Waals surface area contributed by atoms with E-state index in [9.17, 15) is 9.59 Å². The van der Waals surface area contributed by atoms with E-state index < -0.39 is 6.04 Å². The summed E-state index contributed by atoms with van der Waals surface area (Å²) in [5, 5.41) is 9.19. The SMILES string of the molecule is CCOC(=O)CC(NC(=O)NCCCCc1ccc(C=NN)cc1)c1cccnc1. The Morgan fingerprint density at radius 2 is 2.03 bits per heavy atom. The number of rotatable bonds is 11. The number of nitrogens with one attached hydrogen (secondary N) is 2. The van der Waals surface area contributed by atoms with E-state index in [2.05, 4.69) is 20.7 Å². The number of aromatic nitrogens is 1. The first-order valence-corrected chi connectivity index (χ1v) is 10.0. The number of hydrogen-bond donors (Lipinski definition) is 3. The van der Waals surface area contributed by atoms with E-state index in [0.717, 1.165) is 30.4 Å². The number of amides is 2. The van der Waals surface area contributed by atoms with E-state index in [4.69, 9.17) is 10.6 Å². The molecule has 0 spiro atoms. The highest BCUT2D eigenvalue weighted by molar-refractivity contribution is 5.79. The normalized spacial score (nSPS) is 11.8. The topological polar surface area (TPSA) is 119 Å². The number of urea groups is 1. The van der Waals surface area contributed by atoms with Crippen LogP contribution >= 0.6 is 0 Å². The highest BCUT2D eigenvalue weighted by atomic mass is 16.5. The van der Waals surface area contributed by atoms with Crippen LogP contribution in [0.3, 0.4) is 0 Å². The number of ether oxygens (including phenoxy) is 1. The number of carbonyl (C=O) groups is 2. The molecule has 0 saturated carbocycles. The number of nitrogens with zero attached hydrogens (tertiary/aromatic N) is 2. The van der Waals surface area contributed by atoms with Gasteiger partial charge in [0.1, 0.15) is 0 Å². The molecule has 1 atom stereocenters. The molecule has 30 heavy (non-hydrogen) atoms. The second-order valence-electron chi connectivity index (χ2n) is 6.73. The van der Waals surface area contributed by atoms with Crippen molar-refractivity contribution in [2.24, 2.45) is 10.9 Å². The number of carbonyl (C=O) groups excluding carboxylic acids is 2. The molecule has 1 aromatic heterocycles. The van der Waals surface area contributed by atoms with Gasteiger partial charge in [0.15, 0.2) is 0 Å². The molecule has 1 unspecified atom stereocenters. The lowest BCUT2D eigenvalue weighted by Crippen LogP contribution is -2.39. The van der Waals surface area contributed by atoms with Gasteiger partial charge in [-0.1, -0.05) is 30.3 Å². The third-order valence-corrected chi connectivity index (χ3v) is 4.45. The molecule has 4 N–H and O–H groups in total. The Labute approximate surface area is 176 Å². The Morgan fingerprint density at radius 3 is 2.70 bits per heavy atom. The van der Waals surface area contributed by atoms with Crippen molar-refractivity contribution < 1.29 is 14.3 Å². The lowest BCUT2D eigenvalue weighted by molar-refractivity contribution is -0.143. The lowest BCUT2D eigenvalue weighted by atomic mass is 10.1. The average molecular weight is 412 g/mol. The summed E-state index contributed by atoms with van der Waals surface area (Å²) in [4.78, 5) is 28.2. The predicted octanol–water partition coefficient (Wildman–Crippen LogP) is 2.69. The average Bonchev–Trinajstić information content (AvgIpc) is 2.75. The first-order valence-electron chi connectivity index (χ1n) is 10.0. The van der Waals surface area contributed by atoms with E-state index in [1.54, 1.807) is 31.6 Å². The van der Waals surface area contributed by atoms with Gasteiger partial charge >= 0.3 is 12.0 Å². The first-order chi connectivity index (χ1) is 14.6. The van der Waals surface area contributed by atoms with E-state index in [-0.39, 0.29) is 18.4 Å². The molecule has 0 aliphatic heterocycles. The van der Waals surface area contributed by atoms with Crippen molar-refractivity contribution in [3.63, 3.8) is 0 Å².